The second-order valence-electron chi connectivity index (χ2n) is 4.99. The minimum Gasteiger partial charge on any atom is -0.463 e. The van der Waals surface area contributed by atoms with Crippen LogP contribution in [0.25, 0.3) is 17.0 Å². The Hall–Kier alpha value is -2.99. The van der Waals surface area contributed by atoms with Gasteiger partial charge in [-0.15, -0.1) is 0 Å². The molecule has 3 N–H and O–H groups in total. The lowest BCUT2D eigenvalue weighted by Gasteiger charge is -1.99. The van der Waals surface area contributed by atoms with Gasteiger partial charge in [-0.3, -0.25) is 9.89 Å². The number of hydrogen-bond donors (Lipinski definition) is 3. The Morgan fingerprint density at radius 3 is 3.00 bits per heavy atom. The molecular formula is C16H11ClN4O2. The number of aromatic nitrogens is 2. The first-order valence-corrected chi connectivity index (χ1v) is 7.26. The van der Waals surface area contributed by atoms with Crippen LogP contribution in [-0.2, 0) is 4.79 Å². The van der Waals surface area contributed by atoms with Crippen molar-refractivity contribution in [1.82, 2.24) is 10.2 Å². The summed E-state index contributed by atoms with van der Waals surface area (Å²) in [6.45, 7) is 0. The number of hydrogen-bond acceptors (Lipinski definition) is 4. The van der Waals surface area contributed by atoms with E-state index in [2.05, 4.69) is 20.8 Å². The minimum atomic E-state index is -0.184. The van der Waals surface area contributed by atoms with Crippen LogP contribution in [0.4, 0.5) is 11.5 Å². The second kappa shape index (κ2) is 5.33. The highest BCUT2D eigenvalue weighted by Crippen LogP contribution is 2.33. The Balaban J connectivity index is 1.60. The summed E-state index contributed by atoms with van der Waals surface area (Å²) in [6.07, 6.45) is 3.20. The zero-order valence-electron chi connectivity index (χ0n) is 11.8. The third-order valence-corrected chi connectivity index (χ3v) is 3.73. The Morgan fingerprint density at radius 1 is 1.26 bits per heavy atom. The van der Waals surface area contributed by atoms with Crippen molar-refractivity contribution in [1.29, 1.82) is 0 Å². The minimum absolute atomic E-state index is 0.184. The number of fused-ring (bicyclic) bond motifs is 1. The van der Waals surface area contributed by atoms with Crippen molar-refractivity contribution in [2.24, 2.45) is 0 Å². The monoisotopic (exact) mass is 326 g/mol. The third kappa shape index (κ3) is 2.49. The zero-order valence-corrected chi connectivity index (χ0v) is 12.5. The highest BCUT2D eigenvalue weighted by molar-refractivity contribution is 6.34. The van der Waals surface area contributed by atoms with E-state index in [9.17, 15) is 4.79 Å². The molecule has 2 aromatic heterocycles. The van der Waals surface area contributed by atoms with Crippen LogP contribution < -0.4 is 10.6 Å². The van der Waals surface area contributed by atoms with Crippen molar-refractivity contribution in [3.8, 4) is 11.5 Å². The molecule has 0 saturated carbocycles. The molecule has 3 heterocycles. The van der Waals surface area contributed by atoms with Crippen LogP contribution in [0.15, 0.2) is 53.3 Å². The molecule has 0 unspecified atom stereocenters. The van der Waals surface area contributed by atoms with Crippen molar-refractivity contribution < 1.29 is 9.21 Å². The van der Waals surface area contributed by atoms with Gasteiger partial charge < -0.3 is 15.1 Å². The Morgan fingerprint density at radius 2 is 2.17 bits per heavy atom. The van der Waals surface area contributed by atoms with Gasteiger partial charge in [0.05, 0.1) is 11.8 Å². The van der Waals surface area contributed by atoms with Crippen molar-refractivity contribution in [2.45, 2.75) is 0 Å². The number of halogens is 1. The summed E-state index contributed by atoms with van der Waals surface area (Å²) in [5.74, 6) is 1.08. The predicted molar refractivity (Wildman–Crippen MR) is 88.0 cm³/mol. The molecule has 114 valence electrons. The van der Waals surface area contributed by atoms with Gasteiger partial charge in [-0.05, 0) is 30.3 Å². The van der Waals surface area contributed by atoms with Crippen LogP contribution in [0.2, 0.25) is 5.02 Å². The van der Waals surface area contributed by atoms with Crippen LogP contribution >= 0.6 is 11.6 Å². The molecule has 1 aliphatic rings. The fourth-order valence-corrected chi connectivity index (χ4v) is 2.58. The molecule has 7 heteroatoms. The first-order chi connectivity index (χ1) is 11.2. The number of nitrogens with one attached hydrogen (secondary N) is 3. The maximum atomic E-state index is 12.1. The van der Waals surface area contributed by atoms with Crippen LogP contribution in [0.3, 0.4) is 0 Å². The molecule has 0 radical (unpaired) electrons. The van der Waals surface area contributed by atoms with Gasteiger partial charge >= 0.3 is 0 Å². The molecule has 0 fully saturated rings. The molecule has 0 bridgehead atoms. The molecule has 0 aliphatic carbocycles. The highest BCUT2D eigenvalue weighted by Gasteiger charge is 2.24. The zero-order chi connectivity index (χ0) is 15.8. The van der Waals surface area contributed by atoms with Crippen LogP contribution in [-0.4, -0.2) is 16.1 Å². The number of carbonyl (C=O) groups is 1. The van der Waals surface area contributed by atoms with E-state index in [1.54, 1.807) is 42.8 Å². The van der Waals surface area contributed by atoms with Gasteiger partial charge in [-0.2, -0.15) is 5.10 Å². The predicted octanol–water partition coefficient (Wildman–Crippen LogP) is 3.73. The van der Waals surface area contributed by atoms with E-state index < -0.39 is 0 Å². The van der Waals surface area contributed by atoms with Gasteiger partial charge in [-0.1, -0.05) is 11.6 Å². The van der Waals surface area contributed by atoms with Crippen molar-refractivity contribution in [2.75, 3.05) is 10.6 Å². The summed E-state index contributed by atoms with van der Waals surface area (Å²) < 4.78 is 5.29. The van der Waals surface area contributed by atoms with Crippen molar-refractivity contribution >= 4 is 34.6 Å². The Labute approximate surface area is 136 Å². The number of furan rings is 1. The number of benzene rings is 1. The maximum Gasteiger partial charge on any atom is 0.257 e. The summed E-state index contributed by atoms with van der Waals surface area (Å²) >= 11 is 6.00. The van der Waals surface area contributed by atoms with E-state index in [0.717, 1.165) is 16.9 Å². The first-order valence-electron chi connectivity index (χ1n) is 6.88. The Kier molecular flexibility index (Phi) is 3.17. The SMILES string of the molecule is O=C1Nc2ccc(Cl)cc2/C1=C\Nc1cc(-c2ccco2)[nH]n1. The second-order valence-corrected chi connectivity index (χ2v) is 5.43. The lowest BCUT2D eigenvalue weighted by Crippen LogP contribution is -2.05. The van der Waals surface area contributed by atoms with Crippen LogP contribution in [0, 0.1) is 0 Å². The van der Waals surface area contributed by atoms with E-state index >= 15 is 0 Å². The van der Waals surface area contributed by atoms with E-state index in [-0.39, 0.29) is 5.91 Å². The molecule has 1 amide bonds. The third-order valence-electron chi connectivity index (χ3n) is 3.49. The molecule has 1 aliphatic heterocycles. The smallest absolute Gasteiger partial charge is 0.257 e. The summed E-state index contributed by atoms with van der Waals surface area (Å²) in [5.41, 5.74) is 2.75. The molecule has 0 atom stereocenters. The normalized spacial score (nSPS) is 14.8. The number of rotatable bonds is 3. The largest absolute Gasteiger partial charge is 0.463 e. The average Bonchev–Trinajstić information content (AvgIpc) is 3.24. The number of amides is 1. The molecule has 4 rings (SSSR count). The van der Waals surface area contributed by atoms with Gasteiger partial charge in [0.2, 0.25) is 0 Å². The maximum absolute atomic E-state index is 12.1. The lowest BCUT2D eigenvalue weighted by atomic mass is 10.1. The Bertz CT molecular complexity index is 912. The first kappa shape index (κ1) is 13.7. The number of carbonyl (C=O) groups excluding carboxylic acids is 1. The highest BCUT2D eigenvalue weighted by atomic mass is 35.5. The van der Waals surface area contributed by atoms with Crippen molar-refractivity contribution in [3.05, 3.63) is 59.4 Å². The van der Waals surface area contributed by atoms with Crippen LogP contribution in [0.1, 0.15) is 5.56 Å². The fraction of sp³-hybridized carbons (Fsp3) is 0. The van der Waals surface area contributed by atoms with E-state index in [1.807, 2.05) is 6.07 Å². The van der Waals surface area contributed by atoms with Gasteiger partial charge in [0, 0.05) is 28.5 Å². The van der Waals surface area contributed by atoms with E-state index in [0.29, 0.717) is 22.2 Å². The summed E-state index contributed by atoms with van der Waals surface area (Å²) in [7, 11) is 0. The van der Waals surface area contributed by atoms with Gasteiger partial charge in [0.25, 0.3) is 5.91 Å². The quantitative estimate of drug-likeness (QED) is 0.640. The molecule has 1 aromatic carbocycles. The molecular weight excluding hydrogens is 316 g/mol. The number of nitrogens with zero attached hydrogens (tertiary/aromatic N) is 1. The summed E-state index contributed by atoms with van der Waals surface area (Å²) in [6, 6.07) is 10.7. The van der Waals surface area contributed by atoms with E-state index in [1.165, 1.54) is 0 Å². The number of anilines is 2. The van der Waals surface area contributed by atoms with Gasteiger partial charge in [0.15, 0.2) is 11.6 Å². The van der Waals surface area contributed by atoms with Crippen LogP contribution in [0.5, 0.6) is 0 Å². The molecule has 6 nitrogen and oxygen atoms in total. The molecule has 0 spiro atoms. The van der Waals surface area contributed by atoms with Gasteiger partial charge in [-0.25, -0.2) is 0 Å². The molecule has 0 saturated heterocycles. The molecule has 3 aromatic rings. The standard InChI is InChI=1S/C16H11ClN4O2/c17-9-3-4-12-10(6-9)11(16(22)19-12)8-18-15-7-13(20-21-15)14-2-1-5-23-14/h1-8H,(H,19,22)(H2,18,20,21)/b11-8+. The number of H-pyrrole nitrogens is 1. The summed E-state index contributed by atoms with van der Waals surface area (Å²) in [4.78, 5) is 12.1. The fourth-order valence-electron chi connectivity index (χ4n) is 2.40. The summed E-state index contributed by atoms with van der Waals surface area (Å²) in [5, 5.41) is 13.4. The van der Waals surface area contributed by atoms with E-state index in [4.69, 9.17) is 16.0 Å². The molecule has 23 heavy (non-hydrogen) atoms. The van der Waals surface area contributed by atoms with Crippen molar-refractivity contribution in [3.63, 3.8) is 0 Å². The lowest BCUT2D eigenvalue weighted by molar-refractivity contribution is -0.110. The average molecular weight is 327 g/mol. The number of aromatic amines is 1. The van der Waals surface area contributed by atoms with Gasteiger partial charge in [0.1, 0.15) is 5.69 Å². The topological polar surface area (TPSA) is 83.0 Å².